The number of ether oxygens (including phenoxy) is 1. The first-order valence-electron chi connectivity index (χ1n) is 7.74. The van der Waals surface area contributed by atoms with Crippen LogP contribution < -0.4 is 4.90 Å². The van der Waals surface area contributed by atoms with Crippen molar-refractivity contribution in [3.8, 4) is 6.07 Å². The second-order valence-corrected chi connectivity index (χ2v) is 6.43. The van der Waals surface area contributed by atoms with Crippen molar-refractivity contribution < 1.29 is 36.2 Å². The highest BCUT2D eigenvalue weighted by atomic mass is 19.4. The number of halogens is 6. The molecule has 142 valence electrons. The second-order valence-electron chi connectivity index (χ2n) is 6.43. The van der Waals surface area contributed by atoms with Crippen molar-refractivity contribution in [2.24, 2.45) is 11.8 Å². The summed E-state index contributed by atoms with van der Waals surface area (Å²) in [6.07, 6.45) is -12.5. The maximum absolute atomic E-state index is 13.2. The lowest BCUT2D eigenvalue weighted by atomic mass is 9.90. The molecule has 2 aliphatic rings. The second kappa shape index (κ2) is 6.32. The molecule has 1 N–H and O–H groups in total. The van der Waals surface area contributed by atoms with E-state index in [9.17, 15) is 31.4 Å². The van der Waals surface area contributed by atoms with Crippen molar-refractivity contribution >= 4 is 5.69 Å². The number of nitriles is 1. The third-order valence-electron chi connectivity index (χ3n) is 4.90. The average Bonchev–Trinajstić information content (AvgIpc) is 3.12. The normalized spacial score (nSPS) is 27.3. The average molecular weight is 380 g/mol. The standard InChI is InChI=1S/C16H14F6N2O2/c17-15(18,19)12-3-10(2-1-8(12)4-23)24-5-9-6-26-7-11(9)13(24)14(25)16(20,21)22/h1-3,9,11,13-14,25H,5-7H2. The molecule has 3 rings (SSSR count). The van der Waals surface area contributed by atoms with E-state index in [4.69, 9.17) is 10.00 Å². The minimum atomic E-state index is -4.92. The molecule has 2 fully saturated rings. The number of aliphatic hydroxyl groups is 1. The topological polar surface area (TPSA) is 56.5 Å². The fourth-order valence-corrected chi connectivity index (χ4v) is 3.70. The lowest BCUT2D eigenvalue weighted by Gasteiger charge is -2.34. The lowest BCUT2D eigenvalue weighted by molar-refractivity contribution is -0.212. The number of rotatable bonds is 2. The van der Waals surface area contributed by atoms with Crippen LogP contribution in [0.3, 0.4) is 0 Å². The zero-order valence-electron chi connectivity index (χ0n) is 13.2. The molecule has 4 unspecified atom stereocenters. The van der Waals surface area contributed by atoms with Crippen molar-refractivity contribution in [1.29, 1.82) is 5.26 Å². The molecular weight excluding hydrogens is 366 g/mol. The molecule has 0 amide bonds. The fraction of sp³-hybridized carbons (Fsp3) is 0.562. The van der Waals surface area contributed by atoms with E-state index in [-0.39, 0.29) is 31.4 Å². The molecule has 2 saturated heterocycles. The number of aliphatic hydroxyl groups excluding tert-OH is 1. The molecule has 10 heteroatoms. The summed E-state index contributed by atoms with van der Waals surface area (Å²) in [6.45, 7) is 0.220. The van der Waals surface area contributed by atoms with Crippen LogP contribution in [0.25, 0.3) is 0 Å². The molecule has 1 aromatic rings. The van der Waals surface area contributed by atoms with Crippen molar-refractivity contribution in [3.05, 3.63) is 29.3 Å². The summed E-state index contributed by atoms with van der Waals surface area (Å²) in [4.78, 5) is 1.15. The number of alkyl halides is 6. The summed E-state index contributed by atoms with van der Waals surface area (Å²) in [5.41, 5.74) is -1.94. The molecule has 4 atom stereocenters. The van der Waals surface area contributed by atoms with E-state index >= 15 is 0 Å². The summed E-state index contributed by atoms with van der Waals surface area (Å²) in [5.74, 6) is -0.960. The van der Waals surface area contributed by atoms with Gasteiger partial charge in [0.05, 0.1) is 36.5 Å². The highest BCUT2D eigenvalue weighted by molar-refractivity contribution is 5.56. The Morgan fingerprint density at radius 3 is 2.46 bits per heavy atom. The van der Waals surface area contributed by atoms with Gasteiger partial charge < -0.3 is 14.7 Å². The van der Waals surface area contributed by atoms with Gasteiger partial charge in [-0.15, -0.1) is 0 Å². The number of hydrogen-bond donors (Lipinski definition) is 1. The highest BCUT2D eigenvalue weighted by Gasteiger charge is 2.55. The number of anilines is 1. The molecule has 0 bridgehead atoms. The van der Waals surface area contributed by atoms with Crippen LogP contribution in [-0.2, 0) is 10.9 Å². The van der Waals surface area contributed by atoms with Gasteiger partial charge in [-0.1, -0.05) is 0 Å². The first-order chi connectivity index (χ1) is 12.0. The van der Waals surface area contributed by atoms with E-state index in [1.165, 1.54) is 12.1 Å². The number of fused-ring (bicyclic) bond motifs is 1. The predicted molar refractivity (Wildman–Crippen MR) is 77.2 cm³/mol. The maximum atomic E-state index is 13.2. The Morgan fingerprint density at radius 2 is 1.88 bits per heavy atom. The SMILES string of the molecule is N#Cc1ccc(N2CC3COCC3C2C(O)C(F)(F)F)cc1C(F)(F)F. The summed E-state index contributed by atoms with van der Waals surface area (Å²) >= 11 is 0. The van der Waals surface area contributed by atoms with Gasteiger partial charge in [-0.05, 0) is 18.2 Å². The van der Waals surface area contributed by atoms with Crippen LogP contribution in [0.1, 0.15) is 11.1 Å². The van der Waals surface area contributed by atoms with E-state index < -0.39 is 41.5 Å². The van der Waals surface area contributed by atoms with Crippen LogP contribution in [0.4, 0.5) is 32.0 Å². The third kappa shape index (κ3) is 3.21. The predicted octanol–water partition coefficient (Wildman–Crippen LogP) is 2.95. The number of nitrogens with zero attached hydrogens (tertiary/aromatic N) is 2. The zero-order chi connectivity index (χ0) is 19.3. The first-order valence-corrected chi connectivity index (χ1v) is 7.74. The Balaban J connectivity index is 2.03. The van der Waals surface area contributed by atoms with Crippen molar-refractivity contribution in [2.45, 2.75) is 24.5 Å². The molecule has 0 aromatic heterocycles. The van der Waals surface area contributed by atoms with Gasteiger partial charge in [0.1, 0.15) is 0 Å². The van der Waals surface area contributed by atoms with Gasteiger partial charge in [-0.3, -0.25) is 0 Å². The summed E-state index contributed by atoms with van der Waals surface area (Å²) in [7, 11) is 0. The molecule has 4 nitrogen and oxygen atoms in total. The molecule has 0 saturated carbocycles. The molecule has 1 aromatic carbocycles. The van der Waals surface area contributed by atoms with E-state index in [1.807, 2.05) is 0 Å². The largest absolute Gasteiger partial charge is 0.417 e. The summed E-state index contributed by atoms with van der Waals surface area (Å²) < 4.78 is 83.9. The molecule has 0 radical (unpaired) electrons. The Bertz CT molecular complexity index is 727. The van der Waals surface area contributed by atoms with E-state index in [0.29, 0.717) is 6.07 Å². The molecule has 2 heterocycles. The maximum Gasteiger partial charge on any atom is 0.417 e. The highest BCUT2D eigenvalue weighted by Crippen LogP contribution is 2.44. The van der Waals surface area contributed by atoms with E-state index in [0.717, 1.165) is 11.0 Å². The van der Waals surface area contributed by atoms with Gasteiger partial charge in [0, 0.05) is 24.1 Å². The summed E-state index contributed by atoms with van der Waals surface area (Å²) in [5, 5.41) is 18.6. The van der Waals surface area contributed by atoms with E-state index in [1.54, 1.807) is 0 Å². The fourth-order valence-electron chi connectivity index (χ4n) is 3.70. The van der Waals surface area contributed by atoms with Crippen LogP contribution >= 0.6 is 0 Å². The molecule has 26 heavy (non-hydrogen) atoms. The van der Waals surface area contributed by atoms with Crippen molar-refractivity contribution in [1.82, 2.24) is 0 Å². The van der Waals surface area contributed by atoms with Gasteiger partial charge in [-0.25, -0.2) is 0 Å². The Morgan fingerprint density at radius 1 is 1.19 bits per heavy atom. The van der Waals surface area contributed by atoms with Crippen molar-refractivity contribution in [3.63, 3.8) is 0 Å². The first kappa shape index (κ1) is 18.8. The monoisotopic (exact) mass is 380 g/mol. The molecular formula is C16H14F6N2O2. The Hall–Kier alpha value is -1.99. The smallest absolute Gasteiger partial charge is 0.382 e. The van der Waals surface area contributed by atoms with Gasteiger partial charge in [0.25, 0.3) is 0 Å². The van der Waals surface area contributed by atoms with Crippen LogP contribution in [0.2, 0.25) is 0 Å². The molecule has 0 aliphatic carbocycles. The quantitative estimate of drug-likeness (QED) is 0.802. The van der Waals surface area contributed by atoms with Crippen LogP contribution in [0.5, 0.6) is 0 Å². The van der Waals surface area contributed by atoms with Crippen LogP contribution in [0, 0.1) is 23.2 Å². The van der Waals surface area contributed by atoms with Gasteiger partial charge in [-0.2, -0.15) is 31.6 Å². The van der Waals surface area contributed by atoms with Crippen molar-refractivity contribution in [2.75, 3.05) is 24.7 Å². The third-order valence-corrected chi connectivity index (χ3v) is 4.90. The van der Waals surface area contributed by atoms with Crippen LogP contribution in [-0.4, -0.2) is 43.2 Å². The Kier molecular flexibility index (Phi) is 4.56. The minimum Gasteiger partial charge on any atom is -0.382 e. The van der Waals surface area contributed by atoms with Gasteiger partial charge in [0.2, 0.25) is 0 Å². The molecule has 0 spiro atoms. The van der Waals surface area contributed by atoms with E-state index in [2.05, 4.69) is 0 Å². The number of hydrogen-bond acceptors (Lipinski definition) is 4. The van der Waals surface area contributed by atoms with Crippen LogP contribution in [0.15, 0.2) is 18.2 Å². The minimum absolute atomic E-state index is 0.00137. The molecule has 2 aliphatic heterocycles. The summed E-state index contributed by atoms with van der Waals surface area (Å²) in [6, 6.07) is 2.75. The van der Waals surface area contributed by atoms with Gasteiger partial charge >= 0.3 is 12.4 Å². The lowest BCUT2D eigenvalue weighted by Crippen LogP contribution is -2.50. The van der Waals surface area contributed by atoms with Gasteiger partial charge in [0.15, 0.2) is 6.10 Å². The Labute approximate surface area is 144 Å². The zero-order valence-corrected chi connectivity index (χ0v) is 13.2. The number of benzene rings is 1.